The molecule has 1 N–H and O–H groups in total. The summed E-state index contributed by atoms with van der Waals surface area (Å²) in [7, 11) is -1.77. The highest BCUT2D eigenvalue weighted by Gasteiger charge is 2.17. The van der Waals surface area contributed by atoms with Gasteiger partial charge in [-0.1, -0.05) is 12.1 Å². The first-order valence-electron chi connectivity index (χ1n) is 9.28. The summed E-state index contributed by atoms with van der Waals surface area (Å²) in [6, 6.07) is 16.0. The zero-order chi connectivity index (χ0) is 22.2. The highest BCUT2D eigenvalue weighted by Crippen LogP contribution is 2.22. The average molecular weight is 434 g/mol. The molecule has 0 fully saturated rings. The van der Waals surface area contributed by atoms with Crippen molar-refractivity contribution < 1.29 is 13.2 Å². The molecule has 0 spiro atoms. The maximum atomic E-state index is 13.0. The summed E-state index contributed by atoms with van der Waals surface area (Å²) in [4.78, 5) is 34.7. The number of carbonyl (C=O) groups excluding carboxylic acids is 1. The number of nitrogens with zero attached hydrogens (tertiary/aromatic N) is 3. The molecule has 0 atom stereocenters. The van der Waals surface area contributed by atoms with Crippen LogP contribution in [0.2, 0.25) is 0 Å². The van der Waals surface area contributed by atoms with E-state index in [1.807, 2.05) is 0 Å². The molecule has 8 nitrogen and oxygen atoms in total. The number of carbonyl (C=O) groups is 1. The molecule has 31 heavy (non-hydrogen) atoms. The number of aromatic nitrogens is 3. The van der Waals surface area contributed by atoms with E-state index < -0.39 is 15.7 Å². The average Bonchev–Trinajstić information content (AvgIpc) is 2.76. The van der Waals surface area contributed by atoms with Crippen LogP contribution in [0.15, 0.2) is 76.6 Å². The smallest absolute Gasteiger partial charge is 0.261 e. The number of amides is 1. The van der Waals surface area contributed by atoms with Crippen molar-refractivity contribution in [2.45, 2.75) is 4.90 Å². The van der Waals surface area contributed by atoms with Crippen molar-refractivity contribution in [2.75, 3.05) is 11.6 Å². The number of benzene rings is 2. The minimum atomic E-state index is -3.35. The summed E-state index contributed by atoms with van der Waals surface area (Å²) in [6.07, 6.45) is 2.68. The van der Waals surface area contributed by atoms with E-state index in [1.165, 1.54) is 16.7 Å². The summed E-state index contributed by atoms with van der Waals surface area (Å²) in [5.41, 5.74) is 0.713. The fourth-order valence-corrected chi connectivity index (χ4v) is 3.84. The van der Waals surface area contributed by atoms with Gasteiger partial charge in [-0.3, -0.25) is 14.2 Å². The van der Waals surface area contributed by atoms with Gasteiger partial charge >= 0.3 is 0 Å². The molecule has 156 valence electrons. The first-order valence-corrected chi connectivity index (χ1v) is 11.2. The molecular formula is C22H18N4O4S. The molecule has 0 aliphatic rings. The molecule has 4 aromatic rings. The Bertz CT molecular complexity index is 1460. The van der Waals surface area contributed by atoms with Crippen molar-refractivity contribution in [3.63, 3.8) is 0 Å². The normalized spacial score (nSPS) is 11.4. The number of para-hydroxylation sites is 1. The van der Waals surface area contributed by atoms with E-state index in [-0.39, 0.29) is 21.5 Å². The zero-order valence-electron chi connectivity index (χ0n) is 16.7. The Morgan fingerprint density at radius 3 is 2.39 bits per heavy atom. The molecule has 9 heteroatoms. The molecule has 1 amide bonds. The van der Waals surface area contributed by atoms with Gasteiger partial charge in [-0.25, -0.2) is 18.4 Å². The number of sulfone groups is 1. The Balaban J connectivity index is 1.85. The summed E-state index contributed by atoms with van der Waals surface area (Å²) >= 11 is 0. The van der Waals surface area contributed by atoms with Crippen molar-refractivity contribution in [3.05, 3.63) is 82.8 Å². The van der Waals surface area contributed by atoms with E-state index in [0.29, 0.717) is 22.6 Å². The minimum Gasteiger partial charge on any atom is -0.306 e. The van der Waals surface area contributed by atoms with Crippen LogP contribution in [-0.4, -0.2) is 35.1 Å². The summed E-state index contributed by atoms with van der Waals surface area (Å²) in [6.45, 7) is 0. The second kappa shape index (κ2) is 7.77. The van der Waals surface area contributed by atoms with Gasteiger partial charge in [0.2, 0.25) is 0 Å². The van der Waals surface area contributed by atoms with Crippen LogP contribution in [0.3, 0.4) is 0 Å². The van der Waals surface area contributed by atoms with Gasteiger partial charge in [-0.05, 0) is 48.5 Å². The Morgan fingerprint density at radius 1 is 1.00 bits per heavy atom. The number of hydrogen-bond acceptors (Lipinski definition) is 6. The SMILES string of the molecule is Cn1c(-c2ccc(S(C)(=O)=O)cc2)nc2c(C(=O)Nc3ccccn3)cccc2c1=O. The predicted molar refractivity (Wildman–Crippen MR) is 118 cm³/mol. The third kappa shape index (κ3) is 3.95. The lowest BCUT2D eigenvalue weighted by atomic mass is 10.1. The Labute approximate surface area is 178 Å². The van der Waals surface area contributed by atoms with Crippen molar-refractivity contribution in [2.24, 2.45) is 7.05 Å². The monoisotopic (exact) mass is 434 g/mol. The van der Waals surface area contributed by atoms with Crippen molar-refractivity contribution in [1.29, 1.82) is 0 Å². The summed E-state index contributed by atoms with van der Waals surface area (Å²) in [5, 5.41) is 3.00. The summed E-state index contributed by atoms with van der Waals surface area (Å²) < 4.78 is 24.8. The molecule has 2 aromatic heterocycles. The third-order valence-corrected chi connectivity index (χ3v) is 5.93. The van der Waals surface area contributed by atoms with Crippen LogP contribution in [0.25, 0.3) is 22.3 Å². The van der Waals surface area contributed by atoms with E-state index in [4.69, 9.17) is 0 Å². The van der Waals surface area contributed by atoms with Gasteiger partial charge in [0, 0.05) is 25.1 Å². The maximum absolute atomic E-state index is 13.0. The van der Waals surface area contributed by atoms with Gasteiger partial charge in [0.25, 0.3) is 11.5 Å². The lowest BCUT2D eigenvalue weighted by Gasteiger charge is -2.12. The number of rotatable bonds is 4. The van der Waals surface area contributed by atoms with E-state index in [2.05, 4.69) is 15.3 Å². The molecule has 0 unspecified atom stereocenters. The molecule has 0 saturated heterocycles. The van der Waals surface area contributed by atoms with E-state index in [1.54, 1.807) is 61.8 Å². The third-order valence-electron chi connectivity index (χ3n) is 4.80. The highest BCUT2D eigenvalue weighted by atomic mass is 32.2. The van der Waals surface area contributed by atoms with Gasteiger partial charge in [0.15, 0.2) is 9.84 Å². The van der Waals surface area contributed by atoms with Crippen molar-refractivity contribution in [1.82, 2.24) is 14.5 Å². The van der Waals surface area contributed by atoms with Crippen molar-refractivity contribution >= 4 is 32.5 Å². The number of pyridine rings is 1. The minimum absolute atomic E-state index is 0.164. The van der Waals surface area contributed by atoms with Gasteiger partial charge in [-0.15, -0.1) is 0 Å². The first kappa shape index (κ1) is 20.4. The number of hydrogen-bond donors (Lipinski definition) is 1. The lowest BCUT2D eigenvalue weighted by molar-refractivity contribution is 0.102. The molecule has 0 bridgehead atoms. The fraction of sp³-hybridized carbons (Fsp3) is 0.0909. The highest BCUT2D eigenvalue weighted by molar-refractivity contribution is 7.90. The van der Waals surface area contributed by atoms with Crippen LogP contribution in [0.5, 0.6) is 0 Å². The largest absolute Gasteiger partial charge is 0.306 e. The summed E-state index contributed by atoms with van der Waals surface area (Å²) in [5.74, 6) is 0.254. The lowest BCUT2D eigenvalue weighted by Crippen LogP contribution is -2.22. The Hall–Kier alpha value is -3.85. The molecule has 0 saturated carbocycles. The fourth-order valence-electron chi connectivity index (χ4n) is 3.21. The standard InChI is InChI=1S/C22H18N4O4S/c1-26-20(14-9-11-15(12-10-14)31(2,29)30)25-19-16(6-5-7-17(19)22(26)28)21(27)24-18-8-3-4-13-23-18/h3-13H,1-2H3,(H,23,24,27). The maximum Gasteiger partial charge on any atom is 0.261 e. The quantitative estimate of drug-likeness (QED) is 0.529. The number of anilines is 1. The molecule has 2 heterocycles. The van der Waals surface area contributed by atoms with E-state index >= 15 is 0 Å². The second-order valence-corrected chi connectivity index (χ2v) is 8.98. The van der Waals surface area contributed by atoms with Crippen LogP contribution < -0.4 is 10.9 Å². The van der Waals surface area contributed by atoms with Gasteiger partial charge in [0.1, 0.15) is 11.6 Å². The number of fused-ring (bicyclic) bond motifs is 1. The van der Waals surface area contributed by atoms with Crippen LogP contribution in [0.4, 0.5) is 5.82 Å². The van der Waals surface area contributed by atoms with Crippen molar-refractivity contribution in [3.8, 4) is 11.4 Å². The molecular weight excluding hydrogens is 416 g/mol. The van der Waals surface area contributed by atoms with Gasteiger partial charge in [0.05, 0.1) is 21.4 Å². The Morgan fingerprint density at radius 2 is 1.74 bits per heavy atom. The topological polar surface area (TPSA) is 111 Å². The van der Waals surface area contributed by atoms with Gasteiger partial charge in [-0.2, -0.15) is 0 Å². The predicted octanol–water partition coefficient (Wildman–Crippen LogP) is 2.65. The zero-order valence-corrected chi connectivity index (χ0v) is 17.6. The first-order chi connectivity index (χ1) is 14.8. The molecule has 2 aromatic carbocycles. The van der Waals surface area contributed by atoms with Gasteiger partial charge < -0.3 is 5.32 Å². The molecule has 4 rings (SSSR count). The van der Waals surface area contributed by atoms with Crippen LogP contribution in [0.1, 0.15) is 10.4 Å². The van der Waals surface area contributed by atoms with Crippen LogP contribution >= 0.6 is 0 Å². The Kier molecular flexibility index (Phi) is 5.12. The van der Waals surface area contributed by atoms with Crippen LogP contribution in [-0.2, 0) is 16.9 Å². The number of nitrogens with one attached hydrogen (secondary N) is 1. The van der Waals surface area contributed by atoms with E-state index in [9.17, 15) is 18.0 Å². The molecule has 0 aliphatic heterocycles. The molecule has 0 aliphatic carbocycles. The second-order valence-electron chi connectivity index (χ2n) is 6.97. The molecule has 0 radical (unpaired) electrons. The van der Waals surface area contributed by atoms with E-state index in [0.717, 1.165) is 6.26 Å². The van der Waals surface area contributed by atoms with Crippen LogP contribution in [0, 0.1) is 0 Å².